The van der Waals surface area contributed by atoms with Crippen LogP contribution in [0.4, 0.5) is 5.00 Å². The highest BCUT2D eigenvalue weighted by Gasteiger charge is 2.26. The second-order valence-electron chi connectivity index (χ2n) is 7.44. The highest BCUT2D eigenvalue weighted by atomic mass is 32.2. The van der Waals surface area contributed by atoms with Gasteiger partial charge >= 0.3 is 0 Å². The van der Waals surface area contributed by atoms with Crippen molar-refractivity contribution in [2.75, 3.05) is 5.32 Å². The third-order valence-corrected chi connectivity index (χ3v) is 8.15. The number of hydrogen-bond acceptors (Lipinski definition) is 6. The van der Waals surface area contributed by atoms with Crippen molar-refractivity contribution >= 4 is 34.0 Å². The largest absolute Gasteiger partial charge is 0.316 e. The molecule has 0 aromatic carbocycles. The van der Waals surface area contributed by atoms with Gasteiger partial charge in [-0.2, -0.15) is 10.5 Å². The van der Waals surface area contributed by atoms with Crippen molar-refractivity contribution in [1.29, 1.82) is 10.5 Å². The van der Waals surface area contributed by atoms with Crippen LogP contribution in [-0.4, -0.2) is 16.1 Å². The van der Waals surface area contributed by atoms with Crippen LogP contribution < -0.4 is 5.32 Å². The molecule has 0 aliphatic heterocycles. The molecule has 5 nitrogen and oxygen atoms in total. The summed E-state index contributed by atoms with van der Waals surface area (Å²) in [5.74, 6) is -0.126. The van der Waals surface area contributed by atoms with E-state index >= 15 is 0 Å². The molecule has 0 saturated heterocycles. The van der Waals surface area contributed by atoms with Crippen LogP contribution in [0.15, 0.2) is 11.1 Å². The zero-order valence-electron chi connectivity index (χ0n) is 16.4. The van der Waals surface area contributed by atoms with Crippen molar-refractivity contribution in [3.05, 3.63) is 38.9 Å². The fourth-order valence-electron chi connectivity index (χ4n) is 4.04. The molecule has 0 radical (unpaired) electrons. The summed E-state index contributed by atoms with van der Waals surface area (Å²) in [6.45, 7) is 1.96. The van der Waals surface area contributed by atoms with Gasteiger partial charge in [-0.05, 0) is 68.6 Å². The molecule has 0 unspecified atom stereocenters. The Hall–Kier alpha value is -2.35. The minimum absolute atomic E-state index is 0.126. The van der Waals surface area contributed by atoms with Gasteiger partial charge in [0.2, 0.25) is 5.91 Å². The Balaban J connectivity index is 1.55. The number of thiophene rings is 1. The summed E-state index contributed by atoms with van der Waals surface area (Å²) in [6.07, 6.45) is 7.73. The minimum atomic E-state index is -0.361. The van der Waals surface area contributed by atoms with Crippen LogP contribution in [0, 0.1) is 22.7 Å². The normalized spacial score (nSPS) is 15.7. The molecule has 0 bridgehead atoms. The standard InChI is InChI=1S/C22H22N4OS2/c1-2-18(28-21-14(11-23)10-13-6-5-8-17(13)25-21)20(27)26-22-16(12-24)15-7-3-4-9-19(15)29-22/h10,18H,2-9H2,1H3,(H,26,27)/t18-/m0/s1. The summed E-state index contributed by atoms with van der Waals surface area (Å²) in [5.41, 5.74) is 4.51. The van der Waals surface area contributed by atoms with E-state index in [2.05, 4.69) is 17.5 Å². The summed E-state index contributed by atoms with van der Waals surface area (Å²) < 4.78 is 0. The summed E-state index contributed by atoms with van der Waals surface area (Å²) >= 11 is 2.90. The number of amides is 1. The van der Waals surface area contributed by atoms with E-state index in [-0.39, 0.29) is 11.2 Å². The Morgan fingerprint density at radius 2 is 2.07 bits per heavy atom. The number of carbonyl (C=O) groups excluding carboxylic acids is 1. The van der Waals surface area contributed by atoms with Gasteiger partial charge in [0.25, 0.3) is 0 Å². The number of nitriles is 2. The zero-order valence-corrected chi connectivity index (χ0v) is 18.0. The van der Waals surface area contributed by atoms with Gasteiger partial charge in [0.05, 0.1) is 16.4 Å². The SMILES string of the molecule is CC[C@H](Sc1nc2c(cc1C#N)CCC2)C(=O)Nc1sc2c(c1C#N)CCCC2. The van der Waals surface area contributed by atoms with E-state index in [4.69, 9.17) is 4.98 Å². The van der Waals surface area contributed by atoms with E-state index in [0.29, 0.717) is 27.6 Å². The average molecular weight is 423 g/mol. The van der Waals surface area contributed by atoms with Crippen molar-refractivity contribution in [2.24, 2.45) is 0 Å². The number of fused-ring (bicyclic) bond motifs is 2. The van der Waals surface area contributed by atoms with Crippen LogP contribution in [0.2, 0.25) is 0 Å². The van der Waals surface area contributed by atoms with Gasteiger partial charge in [0, 0.05) is 10.6 Å². The van der Waals surface area contributed by atoms with Gasteiger partial charge < -0.3 is 5.32 Å². The maximum absolute atomic E-state index is 13.0. The van der Waals surface area contributed by atoms with E-state index in [1.807, 2.05) is 13.0 Å². The number of pyridine rings is 1. The molecule has 148 valence electrons. The molecule has 4 rings (SSSR count). The molecule has 2 aliphatic rings. The van der Waals surface area contributed by atoms with E-state index in [1.54, 1.807) is 11.3 Å². The summed E-state index contributed by atoms with van der Waals surface area (Å²) in [6, 6.07) is 6.47. The fraction of sp³-hybridized carbons (Fsp3) is 0.455. The Morgan fingerprint density at radius 1 is 1.24 bits per heavy atom. The lowest BCUT2D eigenvalue weighted by molar-refractivity contribution is -0.115. The van der Waals surface area contributed by atoms with Crippen LogP contribution in [-0.2, 0) is 30.5 Å². The predicted molar refractivity (Wildman–Crippen MR) is 115 cm³/mol. The van der Waals surface area contributed by atoms with Crippen LogP contribution >= 0.6 is 23.1 Å². The first-order chi connectivity index (χ1) is 14.1. The number of rotatable bonds is 5. The molecule has 7 heteroatoms. The molecule has 0 fully saturated rings. The number of nitrogens with zero attached hydrogens (tertiary/aromatic N) is 3. The first-order valence-corrected chi connectivity index (χ1v) is 11.8. The number of hydrogen-bond donors (Lipinski definition) is 1. The first-order valence-electron chi connectivity index (χ1n) is 10.1. The van der Waals surface area contributed by atoms with Crippen LogP contribution in [0.5, 0.6) is 0 Å². The maximum Gasteiger partial charge on any atom is 0.238 e. The highest BCUT2D eigenvalue weighted by Crippen LogP contribution is 2.38. The predicted octanol–water partition coefficient (Wildman–Crippen LogP) is 4.76. The Kier molecular flexibility index (Phi) is 5.89. The lowest BCUT2D eigenvalue weighted by Crippen LogP contribution is -2.24. The van der Waals surface area contributed by atoms with Gasteiger partial charge in [-0.15, -0.1) is 11.3 Å². The lowest BCUT2D eigenvalue weighted by Gasteiger charge is -2.15. The van der Waals surface area contributed by atoms with E-state index in [9.17, 15) is 15.3 Å². The Morgan fingerprint density at radius 3 is 2.83 bits per heavy atom. The number of carbonyl (C=O) groups is 1. The maximum atomic E-state index is 13.0. The van der Waals surface area contributed by atoms with E-state index in [1.165, 1.54) is 16.6 Å². The molecular weight excluding hydrogens is 400 g/mol. The number of aryl methyl sites for hydroxylation is 3. The molecule has 1 amide bonds. The van der Waals surface area contributed by atoms with Crippen LogP contribution in [0.1, 0.15) is 65.4 Å². The monoisotopic (exact) mass is 422 g/mol. The van der Waals surface area contributed by atoms with Crippen molar-refractivity contribution in [3.63, 3.8) is 0 Å². The van der Waals surface area contributed by atoms with Crippen LogP contribution in [0.25, 0.3) is 0 Å². The highest BCUT2D eigenvalue weighted by molar-refractivity contribution is 8.00. The Labute approximate surface area is 179 Å². The number of thioether (sulfide) groups is 1. The molecule has 1 atom stereocenters. The fourth-order valence-corrected chi connectivity index (χ4v) is 6.28. The third kappa shape index (κ3) is 3.90. The van der Waals surface area contributed by atoms with E-state index in [0.717, 1.165) is 61.8 Å². The second kappa shape index (κ2) is 8.57. The van der Waals surface area contributed by atoms with Gasteiger partial charge in [-0.1, -0.05) is 18.7 Å². The van der Waals surface area contributed by atoms with Gasteiger partial charge in [0.15, 0.2) is 0 Å². The first kappa shape index (κ1) is 19.9. The Bertz CT molecular complexity index is 1040. The van der Waals surface area contributed by atoms with Gasteiger partial charge in [0.1, 0.15) is 22.2 Å². The van der Waals surface area contributed by atoms with Gasteiger partial charge in [-0.25, -0.2) is 4.98 Å². The zero-order chi connectivity index (χ0) is 20.4. The van der Waals surface area contributed by atoms with Crippen molar-refractivity contribution in [3.8, 4) is 12.1 Å². The summed E-state index contributed by atoms with van der Waals surface area (Å²) in [5, 5.41) is 23.1. The van der Waals surface area contributed by atoms with Crippen molar-refractivity contribution < 1.29 is 4.79 Å². The second-order valence-corrected chi connectivity index (χ2v) is 9.74. The third-order valence-electron chi connectivity index (χ3n) is 5.57. The number of aromatic nitrogens is 1. The summed E-state index contributed by atoms with van der Waals surface area (Å²) in [4.78, 5) is 18.9. The molecule has 0 saturated carbocycles. The van der Waals surface area contributed by atoms with E-state index < -0.39 is 0 Å². The molecule has 2 heterocycles. The molecule has 2 aromatic heterocycles. The van der Waals surface area contributed by atoms with Crippen molar-refractivity contribution in [2.45, 2.75) is 68.6 Å². The molecule has 1 N–H and O–H groups in total. The van der Waals surface area contributed by atoms with Gasteiger partial charge in [-0.3, -0.25) is 4.79 Å². The summed E-state index contributed by atoms with van der Waals surface area (Å²) in [7, 11) is 0. The van der Waals surface area contributed by atoms with Crippen LogP contribution in [0.3, 0.4) is 0 Å². The number of nitrogens with one attached hydrogen (secondary N) is 1. The lowest BCUT2D eigenvalue weighted by atomic mass is 9.96. The average Bonchev–Trinajstić information content (AvgIpc) is 3.33. The van der Waals surface area contributed by atoms with Crippen molar-refractivity contribution in [1.82, 2.24) is 4.98 Å². The smallest absolute Gasteiger partial charge is 0.238 e. The molecule has 2 aromatic rings. The quantitative estimate of drug-likeness (QED) is 0.702. The molecule has 29 heavy (non-hydrogen) atoms. The number of anilines is 1. The molecular formula is C22H22N4OS2. The molecule has 0 spiro atoms. The minimum Gasteiger partial charge on any atom is -0.316 e. The topological polar surface area (TPSA) is 89.6 Å². The molecule has 2 aliphatic carbocycles.